The number of anilines is 2. The minimum Gasteiger partial charge on any atom is -0.312 e. The summed E-state index contributed by atoms with van der Waals surface area (Å²) in [5, 5.41) is 14.5. The third-order valence-electron chi connectivity index (χ3n) is 4.59. The number of para-hydroxylation sites is 1. The summed E-state index contributed by atoms with van der Waals surface area (Å²) in [6.45, 7) is 0.508. The Labute approximate surface area is 170 Å². The van der Waals surface area contributed by atoms with Crippen molar-refractivity contribution in [2.75, 3.05) is 17.2 Å². The maximum absolute atomic E-state index is 13.1. The number of urea groups is 1. The van der Waals surface area contributed by atoms with E-state index in [1.54, 1.807) is 24.3 Å². The molecule has 0 unspecified atom stereocenters. The predicted molar refractivity (Wildman–Crippen MR) is 109 cm³/mol. The van der Waals surface area contributed by atoms with Crippen LogP contribution in [0, 0.1) is 5.82 Å². The van der Waals surface area contributed by atoms with Gasteiger partial charge < -0.3 is 10.2 Å². The fourth-order valence-electron chi connectivity index (χ4n) is 3.17. The number of benzene rings is 2. The molecular formula is C20H18FN5O2S. The fourth-order valence-corrected chi connectivity index (χ4v) is 3.92. The average molecular weight is 411 g/mol. The lowest BCUT2D eigenvalue weighted by molar-refractivity contribution is -0.119. The Morgan fingerprint density at radius 2 is 1.79 bits per heavy atom. The van der Waals surface area contributed by atoms with E-state index in [0.717, 1.165) is 6.42 Å². The van der Waals surface area contributed by atoms with E-state index < -0.39 is 6.04 Å². The van der Waals surface area contributed by atoms with Crippen molar-refractivity contribution < 1.29 is 14.0 Å². The zero-order valence-electron chi connectivity index (χ0n) is 15.3. The molecule has 3 aromatic rings. The molecule has 7 nitrogen and oxygen atoms in total. The van der Waals surface area contributed by atoms with Crippen LogP contribution in [0.3, 0.4) is 0 Å². The zero-order chi connectivity index (χ0) is 20.2. The van der Waals surface area contributed by atoms with Crippen LogP contribution < -0.4 is 10.6 Å². The molecule has 2 heterocycles. The number of hydrogen-bond acceptors (Lipinski definition) is 5. The quantitative estimate of drug-likeness (QED) is 0.680. The Morgan fingerprint density at radius 3 is 2.55 bits per heavy atom. The highest BCUT2D eigenvalue weighted by molar-refractivity contribution is 7.18. The summed E-state index contributed by atoms with van der Waals surface area (Å²) in [7, 11) is 0. The summed E-state index contributed by atoms with van der Waals surface area (Å²) < 4.78 is 13.1. The summed E-state index contributed by atoms with van der Waals surface area (Å²) in [5.41, 5.74) is 1.39. The highest BCUT2D eigenvalue weighted by atomic mass is 32.1. The molecule has 1 saturated heterocycles. The highest BCUT2D eigenvalue weighted by Gasteiger charge is 2.34. The lowest BCUT2D eigenvalue weighted by Crippen LogP contribution is -2.45. The Kier molecular flexibility index (Phi) is 5.48. The van der Waals surface area contributed by atoms with E-state index in [9.17, 15) is 14.0 Å². The number of carbonyl (C=O) groups is 2. The normalized spacial score (nSPS) is 15.9. The number of hydrogen-bond donors (Lipinski definition) is 2. The number of amides is 3. The van der Waals surface area contributed by atoms with E-state index in [0.29, 0.717) is 34.4 Å². The van der Waals surface area contributed by atoms with Crippen LogP contribution in [0.5, 0.6) is 0 Å². The molecule has 148 valence electrons. The van der Waals surface area contributed by atoms with Crippen molar-refractivity contribution in [3.8, 4) is 10.6 Å². The van der Waals surface area contributed by atoms with Gasteiger partial charge in [-0.3, -0.25) is 10.1 Å². The van der Waals surface area contributed by atoms with Crippen LogP contribution in [0.2, 0.25) is 0 Å². The largest absolute Gasteiger partial charge is 0.322 e. The van der Waals surface area contributed by atoms with Gasteiger partial charge >= 0.3 is 6.03 Å². The van der Waals surface area contributed by atoms with Gasteiger partial charge in [-0.15, -0.1) is 10.2 Å². The maximum atomic E-state index is 13.1. The second-order valence-electron chi connectivity index (χ2n) is 6.56. The van der Waals surface area contributed by atoms with Crippen molar-refractivity contribution in [2.45, 2.75) is 18.9 Å². The Morgan fingerprint density at radius 1 is 1.03 bits per heavy atom. The molecule has 0 spiro atoms. The van der Waals surface area contributed by atoms with Crippen LogP contribution >= 0.6 is 11.3 Å². The lowest BCUT2D eigenvalue weighted by atomic mass is 10.2. The van der Waals surface area contributed by atoms with Gasteiger partial charge in [-0.2, -0.15) is 0 Å². The Bertz CT molecular complexity index is 1010. The first-order valence-corrected chi connectivity index (χ1v) is 9.95. The van der Waals surface area contributed by atoms with E-state index in [1.807, 2.05) is 18.2 Å². The molecule has 1 atom stereocenters. The van der Waals surface area contributed by atoms with E-state index in [2.05, 4.69) is 20.8 Å². The van der Waals surface area contributed by atoms with Crippen molar-refractivity contribution in [2.24, 2.45) is 0 Å². The average Bonchev–Trinajstić information content (AvgIpc) is 3.39. The Hall–Kier alpha value is -3.33. The molecule has 0 aliphatic carbocycles. The lowest BCUT2D eigenvalue weighted by Gasteiger charge is -2.23. The van der Waals surface area contributed by atoms with Crippen LogP contribution in [-0.2, 0) is 4.79 Å². The molecule has 0 radical (unpaired) electrons. The summed E-state index contributed by atoms with van der Waals surface area (Å²) in [6, 6.07) is 14.1. The highest BCUT2D eigenvalue weighted by Crippen LogP contribution is 2.27. The maximum Gasteiger partial charge on any atom is 0.322 e. The van der Waals surface area contributed by atoms with Crippen molar-refractivity contribution in [3.63, 3.8) is 0 Å². The molecule has 2 aromatic carbocycles. The second kappa shape index (κ2) is 8.36. The monoisotopic (exact) mass is 411 g/mol. The summed E-state index contributed by atoms with van der Waals surface area (Å²) in [5.74, 6) is -0.630. The third-order valence-corrected chi connectivity index (χ3v) is 5.48. The van der Waals surface area contributed by atoms with Crippen LogP contribution in [0.1, 0.15) is 12.8 Å². The zero-order valence-corrected chi connectivity index (χ0v) is 16.2. The van der Waals surface area contributed by atoms with E-state index >= 15 is 0 Å². The number of carbonyl (C=O) groups excluding carboxylic acids is 2. The number of nitrogens with one attached hydrogen (secondary N) is 2. The van der Waals surface area contributed by atoms with E-state index in [1.165, 1.54) is 28.4 Å². The van der Waals surface area contributed by atoms with Crippen LogP contribution in [0.15, 0.2) is 54.6 Å². The van der Waals surface area contributed by atoms with E-state index in [4.69, 9.17) is 0 Å². The molecule has 3 amide bonds. The van der Waals surface area contributed by atoms with Gasteiger partial charge in [0, 0.05) is 17.8 Å². The van der Waals surface area contributed by atoms with Gasteiger partial charge in [0.2, 0.25) is 11.0 Å². The molecule has 4 rings (SSSR count). The van der Waals surface area contributed by atoms with Gasteiger partial charge in [0.05, 0.1) is 0 Å². The first-order valence-electron chi connectivity index (χ1n) is 9.13. The van der Waals surface area contributed by atoms with Gasteiger partial charge in [0.15, 0.2) is 0 Å². The first kappa shape index (κ1) is 19.0. The van der Waals surface area contributed by atoms with Crippen LogP contribution in [0.4, 0.5) is 20.0 Å². The summed E-state index contributed by atoms with van der Waals surface area (Å²) in [6.07, 6.45) is 1.33. The Balaban J connectivity index is 1.41. The van der Waals surface area contributed by atoms with Gasteiger partial charge in [0.25, 0.3) is 0 Å². The number of aromatic nitrogens is 2. The molecule has 29 heavy (non-hydrogen) atoms. The molecule has 1 aromatic heterocycles. The van der Waals surface area contributed by atoms with Crippen LogP contribution in [-0.4, -0.2) is 39.6 Å². The molecular weight excluding hydrogens is 393 g/mol. The summed E-state index contributed by atoms with van der Waals surface area (Å²) in [4.78, 5) is 26.8. The van der Waals surface area contributed by atoms with Crippen molar-refractivity contribution in [1.82, 2.24) is 15.1 Å². The smallest absolute Gasteiger partial charge is 0.312 e. The number of nitrogens with zero attached hydrogens (tertiary/aromatic N) is 3. The SMILES string of the molecule is O=C(Nc1nnc(-c2ccc(F)cc2)s1)[C@H]1CCCN1C(=O)Nc1ccccc1. The minimum atomic E-state index is -0.572. The molecule has 0 saturated carbocycles. The first-order chi connectivity index (χ1) is 14.1. The molecule has 2 N–H and O–H groups in total. The standard InChI is InChI=1S/C20H18FN5O2S/c21-14-10-8-13(9-11-14)18-24-25-19(29-18)23-17(27)16-7-4-12-26(16)20(28)22-15-5-2-1-3-6-15/h1-3,5-6,8-11,16H,4,7,12H2,(H,22,28)(H,23,25,27)/t16-/m1/s1. The van der Waals surface area contributed by atoms with Crippen molar-refractivity contribution >= 4 is 34.1 Å². The van der Waals surface area contributed by atoms with E-state index in [-0.39, 0.29) is 17.8 Å². The molecule has 0 bridgehead atoms. The van der Waals surface area contributed by atoms with Crippen molar-refractivity contribution in [1.29, 1.82) is 0 Å². The third kappa shape index (κ3) is 4.40. The minimum absolute atomic E-state index is 0.299. The second-order valence-corrected chi connectivity index (χ2v) is 7.53. The molecule has 1 fully saturated rings. The molecule has 9 heteroatoms. The number of rotatable bonds is 4. The number of likely N-dealkylation sites (tertiary alicyclic amines) is 1. The van der Waals surface area contributed by atoms with Gasteiger partial charge in [-0.1, -0.05) is 29.5 Å². The predicted octanol–water partition coefficient (Wildman–Crippen LogP) is 3.98. The topological polar surface area (TPSA) is 87.2 Å². The van der Waals surface area contributed by atoms with Crippen molar-refractivity contribution in [3.05, 3.63) is 60.4 Å². The van der Waals surface area contributed by atoms with Gasteiger partial charge in [0.1, 0.15) is 16.9 Å². The van der Waals surface area contributed by atoms with Crippen LogP contribution in [0.25, 0.3) is 10.6 Å². The molecule has 1 aliphatic rings. The fraction of sp³-hybridized carbons (Fsp3) is 0.200. The van der Waals surface area contributed by atoms with Gasteiger partial charge in [-0.05, 0) is 49.2 Å². The van der Waals surface area contributed by atoms with Gasteiger partial charge in [-0.25, -0.2) is 9.18 Å². The molecule has 1 aliphatic heterocycles. The number of halogens is 1. The summed E-state index contributed by atoms with van der Waals surface area (Å²) >= 11 is 1.20.